The van der Waals surface area contributed by atoms with Gasteiger partial charge in [-0.05, 0) is 12.1 Å². The highest BCUT2D eigenvalue weighted by Gasteiger charge is 2.51. The highest BCUT2D eigenvalue weighted by atomic mass is 16.7. The maximum Gasteiger partial charge on any atom is 0.229 e. The second kappa shape index (κ2) is 6.43. The largest absolute Gasteiger partial charge is 0.461 e. The van der Waals surface area contributed by atoms with E-state index in [1.807, 2.05) is 6.07 Å². The second-order valence-electron chi connectivity index (χ2n) is 5.90. The van der Waals surface area contributed by atoms with Crippen molar-refractivity contribution in [3.63, 3.8) is 0 Å². The number of aliphatic hydroxyl groups excluding tert-OH is 3. The van der Waals surface area contributed by atoms with Crippen LogP contribution in [0.5, 0.6) is 5.75 Å². The molecule has 2 aliphatic heterocycles. The third-order valence-corrected chi connectivity index (χ3v) is 4.42. The van der Waals surface area contributed by atoms with E-state index in [0.717, 1.165) is 0 Å². The number of ether oxygens (including phenoxy) is 3. The number of para-hydroxylation sites is 1. The summed E-state index contributed by atoms with van der Waals surface area (Å²) in [6.45, 7) is 1.87. The fourth-order valence-corrected chi connectivity index (χ4v) is 2.94. The molecule has 0 bridgehead atoms. The predicted octanol–water partition coefficient (Wildman–Crippen LogP) is -0.220. The molecule has 3 N–H and O–H groups in total. The van der Waals surface area contributed by atoms with E-state index in [1.54, 1.807) is 31.2 Å². The quantitative estimate of drug-likeness (QED) is 0.690. The predicted molar refractivity (Wildman–Crippen MR) is 77.4 cm³/mol. The van der Waals surface area contributed by atoms with Gasteiger partial charge in [-0.3, -0.25) is 0 Å². The molecule has 6 unspecified atom stereocenters. The van der Waals surface area contributed by atoms with Gasteiger partial charge in [-0.25, -0.2) is 0 Å². The number of nitrogens with zero attached hydrogens (tertiary/aromatic N) is 1. The number of fused-ring (bicyclic) bond motifs is 1. The summed E-state index contributed by atoms with van der Waals surface area (Å²) in [6, 6.07) is 8.55. The van der Waals surface area contributed by atoms with Crippen LogP contribution in [0.3, 0.4) is 0 Å². The second-order valence-corrected chi connectivity index (χ2v) is 5.90. The number of nitriles is 1. The number of hydrogen-bond acceptors (Lipinski definition) is 7. The molecule has 1 aromatic rings. The molecule has 3 rings (SSSR count). The van der Waals surface area contributed by atoms with E-state index in [2.05, 4.69) is 0 Å². The summed E-state index contributed by atoms with van der Waals surface area (Å²) in [7, 11) is 0. The smallest absolute Gasteiger partial charge is 0.229 e. The van der Waals surface area contributed by atoms with E-state index in [-0.39, 0.29) is 18.3 Å². The van der Waals surface area contributed by atoms with E-state index >= 15 is 0 Å². The first-order valence-corrected chi connectivity index (χ1v) is 7.50. The van der Waals surface area contributed by atoms with Crippen LogP contribution in [0.15, 0.2) is 24.3 Å². The molecule has 124 valence electrons. The van der Waals surface area contributed by atoms with Crippen LogP contribution in [-0.2, 0) is 9.47 Å². The molecular weight excluding hydrogens is 302 g/mol. The van der Waals surface area contributed by atoms with E-state index in [4.69, 9.17) is 19.5 Å². The molecule has 23 heavy (non-hydrogen) atoms. The van der Waals surface area contributed by atoms with Crippen molar-refractivity contribution in [1.82, 2.24) is 0 Å². The van der Waals surface area contributed by atoms with Crippen molar-refractivity contribution in [2.75, 3.05) is 6.61 Å². The van der Waals surface area contributed by atoms with Gasteiger partial charge < -0.3 is 29.5 Å². The molecule has 7 heteroatoms. The van der Waals surface area contributed by atoms with Crippen molar-refractivity contribution in [3.8, 4) is 11.8 Å². The summed E-state index contributed by atoms with van der Waals surface area (Å²) in [5, 5.41) is 39.5. The standard InChI is InChI=1S/C16H19NO6/c1-8-10(18)7-21-15-12(19)13(20)16(23-14(8)15)22-11-5-3-2-4-9(11)6-17/h2-5,8,10,12-16,18-20H,7H2,1H3/t8?,10?,12?,13?,14?,15?,16-/m1/s1. The highest BCUT2D eigenvalue weighted by Crippen LogP contribution is 2.34. The fourth-order valence-electron chi connectivity index (χ4n) is 2.94. The van der Waals surface area contributed by atoms with Gasteiger partial charge in [0, 0.05) is 5.92 Å². The summed E-state index contributed by atoms with van der Waals surface area (Å²) in [5.74, 6) is -0.0251. The van der Waals surface area contributed by atoms with Gasteiger partial charge in [0.05, 0.1) is 24.4 Å². The van der Waals surface area contributed by atoms with Crippen molar-refractivity contribution < 1.29 is 29.5 Å². The maximum absolute atomic E-state index is 10.3. The fraction of sp³-hybridized carbons (Fsp3) is 0.562. The lowest BCUT2D eigenvalue weighted by Gasteiger charge is -2.48. The van der Waals surface area contributed by atoms with Gasteiger partial charge in [0.1, 0.15) is 30.1 Å². The van der Waals surface area contributed by atoms with Crippen LogP contribution in [0.25, 0.3) is 0 Å². The molecule has 2 heterocycles. The molecule has 0 aliphatic carbocycles. The monoisotopic (exact) mass is 321 g/mol. The Balaban J connectivity index is 1.81. The lowest BCUT2D eigenvalue weighted by Crippen LogP contribution is -2.65. The molecule has 0 spiro atoms. The van der Waals surface area contributed by atoms with Crippen molar-refractivity contribution in [2.45, 2.75) is 43.7 Å². The molecule has 0 saturated carbocycles. The maximum atomic E-state index is 10.3. The summed E-state index contributed by atoms with van der Waals surface area (Å²) in [4.78, 5) is 0. The Morgan fingerprint density at radius 2 is 1.91 bits per heavy atom. The highest BCUT2D eigenvalue weighted by molar-refractivity contribution is 5.42. The minimum Gasteiger partial charge on any atom is -0.461 e. The molecule has 2 aliphatic rings. The van der Waals surface area contributed by atoms with Crippen molar-refractivity contribution in [2.24, 2.45) is 5.92 Å². The van der Waals surface area contributed by atoms with Gasteiger partial charge in [-0.2, -0.15) is 5.26 Å². The summed E-state index contributed by atoms with van der Waals surface area (Å²) in [5.41, 5.74) is 0.299. The molecule has 1 aromatic carbocycles. The first-order chi connectivity index (χ1) is 11.0. The summed E-state index contributed by atoms with van der Waals surface area (Å²) >= 11 is 0. The summed E-state index contributed by atoms with van der Waals surface area (Å²) in [6.07, 6.45) is -5.75. The molecule has 0 amide bonds. The van der Waals surface area contributed by atoms with Crippen LogP contribution in [0.1, 0.15) is 12.5 Å². The Hall–Kier alpha value is -1.69. The van der Waals surface area contributed by atoms with Crippen molar-refractivity contribution >= 4 is 0 Å². The van der Waals surface area contributed by atoms with E-state index in [1.165, 1.54) is 0 Å². The van der Waals surface area contributed by atoms with Gasteiger partial charge in [0.25, 0.3) is 0 Å². The van der Waals surface area contributed by atoms with E-state index in [0.29, 0.717) is 5.56 Å². The van der Waals surface area contributed by atoms with E-state index in [9.17, 15) is 15.3 Å². The molecule has 0 radical (unpaired) electrons. The Labute approximate surface area is 133 Å². The van der Waals surface area contributed by atoms with Gasteiger partial charge in [-0.15, -0.1) is 0 Å². The van der Waals surface area contributed by atoms with Crippen molar-refractivity contribution in [3.05, 3.63) is 29.8 Å². The van der Waals surface area contributed by atoms with Crippen LogP contribution in [0, 0.1) is 17.2 Å². The van der Waals surface area contributed by atoms with Gasteiger partial charge in [0.15, 0.2) is 0 Å². The molecule has 7 nitrogen and oxygen atoms in total. The Kier molecular flexibility index (Phi) is 4.53. The Morgan fingerprint density at radius 3 is 2.65 bits per heavy atom. The van der Waals surface area contributed by atoms with Gasteiger partial charge in [0.2, 0.25) is 6.29 Å². The zero-order chi connectivity index (χ0) is 16.6. The lowest BCUT2D eigenvalue weighted by atomic mass is 9.85. The minimum absolute atomic E-state index is 0.0816. The topological polar surface area (TPSA) is 112 Å². The lowest BCUT2D eigenvalue weighted by molar-refractivity contribution is -0.313. The van der Waals surface area contributed by atoms with Crippen LogP contribution >= 0.6 is 0 Å². The SMILES string of the molecule is CC1C(O)COC2C(O)C(O)[C@H](Oc3ccccc3C#N)OC12. The summed E-state index contributed by atoms with van der Waals surface area (Å²) < 4.78 is 16.7. The number of rotatable bonds is 2. The third-order valence-electron chi connectivity index (χ3n) is 4.42. The zero-order valence-corrected chi connectivity index (χ0v) is 12.6. The molecule has 0 aromatic heterocycles. The van der Waals surface area contributed by atoms with Crippen LogP contribution in [0.4, 0.5) is 0 Å². The van der Waals surface area contributed by atoms with Crippen molar-refractivity contribution in [1.29, 1.82) is 5.26 Å². The van der Waals surface area contributed by atoms with Crippen LogP contribution < -0.4 is 4.74 Å². The molecule has 2 fully saturated rings. The van der Waals surface area contributed by atoms with Crippen LogP contribution in [0.2, 0.25) is 0 Å². The Morgan fingerprint density at radius 1 is 1.17 bits per heavy atom. The molecule has 2 saturated heterocycles. The normalized spacial score (nSPS) is 40.0. The average molecular weight is 321 g/mol. The zero-order valence-electron chi connectivity index (χ0n) is 12.6. The Bertz CT molecular complexity index is 602. The number of hydrogen-bond donors (Lipinski definition) is 3. The average Bonchev–Trinajstić information content (AvgIpc) is 2.56. The first-order valence-electron chi connectivity index (χ1n) is 7.50. The van der Waals surface area contributed by atoms with E-state index < -0.39 is 36.8 Å². The third kappa shape index (κ3) is 2.92. The molecule has 7 atom stereocenters. The number of aliphatic hydroxyl groups is 3. The molecular formula is C16H19NO6. The first kappa shape index (κ1) is 16.2. The number of benzene rings is 1. The minimum atomic E-state index is -1.33. The van der Waals surface area contributed by atoms with Gasteiger partial charge in [-0.1, -0.05) is 19.1 Å². The van der Waals surface area contributed by atoms with Gasteiger partial charge >= 0.3 is 0 Å². The van der Waals surface area contributed by atoms with Crippen LogP contribution in [-0.4, -0.2) is 58.7 Å².